The van der Waals surface area contributed by atoms with Crippen molar-refractivity contribution < 1.29 is 18.3 Å². The molecule has 1 saturated carbocycles. The van der Waals surface area contributed by atoms with Crippen LogP contribution in [0.1, 0.15) is 67.1 Å². The monoisotopic (exact) mass is 502 g/mol. The molecule has 1 aliphatic heterocycles. The first-order valence-electron chi connectivity index (χ1n) is 12.7. The molecule has 0 bridgehead atoms. The molecule has 2 aliphatic rings. The summed E-state index contributed by atoms with van der Waals surface area (Å²) in [6, 6.07) is 8.12. The van der Waals surface area contributed by atoms with Crippen molar-refractivity contribution >= 4 is 23.2 Å². The fourth-order valence-corrected chi connectivity index (χ4v) is 5.97. The second-order valence-electron chi connectivity index (χ2n) is 10.3. The SMILES string of the molecule is Cc1ccccc1/C=C/C(=O)CC1CCC(CCN2CCc3sc(OCC(C)(F)F)nc3C2)CC1. The number of aryl methyl sites for hydroxylation is 1. The first-order chi connectivity index (χ1) is 16.7. The minimum atomic E-state index is -2.84. The Bertz CT molecular complexity index is 1020. The van der Waals surface area contributed by atoms with Crippen LogP contribution in [-0.2, 0) is 17.8 Å². The topological polar surface area (TPSA) is 42.4 Å². The average molecular weight is 503 g/mol. The number of rotatable bonds is 10. The van der Waals surface area contributed by atoms with Crippen LogP contribution >= 0.6 is 11.3 Å². The van der Waals surface area contributed by atoms with Gasteiger partial charge in [0, 0.05) is 31.3 Å². The van der Waals surface area contributed by atoms with E-state index in [0.717, 1.165) is 62.0 Å². The smallest absolute Gasteiger partial charge is 0.278 e. The van der Waals surface area contributed by atoms with E-state index in [4.69, 9.17) is 4.74 Å². The normalized spacial score (nSPS) is 21.3. The second-order valence-corrected chi connectivity index (χ2v) is 11.3. The van der Waals surface area contributed by atoms with Crippen LogP contribution in [0, 0.1) is 18.8 Å². The second kappa shape index (κ2) is 11.7. The molecule has 0 amide bonds. The van der Waals surface area contributed by atoms with E-state index in [1.807, 2.05) is 24.3 Å². The number of allylic oxidation sites excluding steroid dienone is 1. The summed E-state index contributed by atoms with van der Waals surface area (Å²) in [5.74, 6) is -1.40. The van der Waals surface area contributed by atoms with Crippen LogP contribution in [0.5, 0.6) is 5.19 Å². The van der Waals surface area contributed by atoms with Gasteiger partial charge in [-0.3, -0.25) is 9.69 Å². The average Bonchev–Trinajstić information content (AvgIpc) is 3.24. The Labute approximate surface area is 211 Å². The van der Waals surface area contributed by atoms with Crippen molar-refractivity contribution in [3.05, 3.63) is 52.0 Å². The van der Waals surface area contributed by atoms with Gasteiger partial charge in [-0.25, -0.2) is 13.8 Å². The number of thiazole rings is 1. The molecule has 2 aromatic rings. The number of hydrogen-bond donors (Lipinski definition) is 0. The number of fused-ring (bicyclic) bond motifs is 1. The van der Waals surface area contributed by atoms with E-state index in [2.05, 4.69) is 22.9 Å². The summed E-state index contributed by atoms with van der Waals surface area (Å²) in [6.07, 6.45) is 11.1. The van der Waals surface area contributed by atoms with Crippen molar-refractivity contribution in [2.24, 2.45) is 11.8 Å². The Morgan fingerprint density at radius 3 is 2.71 bits per heavy atom. The summed E-state index contributed by atoms with van der Waals surface area (Å²) < 4.78 is 31.3. The quantitative estimate of drug-likeness (QED) is 0.339. The number of benzene rings is 1. The van der Waals surface area contributed by atoms with Crippen LogP contribution in [0.2, 0.25) is 0 Å². The number of carbonyl (C=O) groups excluding carboxylic acids is 1. The maximum absolute atomic E-state index is 13.1. The third-order valence-electron chi connectivity index (χ3n) is 7.18. The van der Waals surface area contributed by atoms with Gasteiger partial charge in [-0.15, -0.1) is 0 Å². The highest BCUT2D eigenvalue weighted by molar-refractivity contribution is 7.13. The van der Waals surface area contributed by atoms with Gasteiger partial charge < -0.3 is 4.74 Å². The van der Waals surface area contributed by atoms with Crippen LogP contribution in [0.3, 0.4) is 0 Å². The Hall–Kier alpha value is -2.12. The van der Waals surface area contributed by atoms with E-state index in [9.17, 15) is 13.6 Å². The Balaban J connectivity index is 1.15. The van der Waals surface area contributed by atoms with Crippen LogP contribution in [0.4, 0.5) is 8.78 Å². The maximum Gasteiger partial charge on any atom is 0.278 e. The zero-order valence-electron chi connectivity index (χ0n) is 20.8. The predicted molar refractivity (Wildman–Crippen MR) is 137 cm³/mol. The molecule has 7 heteroatoms. The largest absolute Gasteiger partial charge is 0.464 e. The van der Waals surface area contributed by atoms with E-state index in [0.29, 0.717) is 23.5 Å². The third-order valence-corrected chi connectivity index (χ3v) is 8.25. The Morgan fingerprint density at radius 2 is 1.97 bits per heavy atom. The Kier molecular flexibility index (Phi) is 8.71. The number of halogens is 2. The Morgan fingerprint density at radius 1 is 1.23 bits per heavy atom. The molecule has 0 atom stereocenters. The predicted octanol–water partition coefficient (Wildman–Crippen LogP) is 6.71. The van der Waals surface area contributed by atoms with Gasteiger partial charge >= 0.3 is 0 Å². The molecule has 1 fully saturated rings. The van der Waals surface area contributed by atoms with Gasteiger partial charge in [0.2, 0.25) is 0 Å². The number of nitrogens with zero attached hydrogens (tertiary/aromatic N) is 2. The van der Waals surface area contributed by atoms with Crippen LogP contribution in [0.25, 0.3) is 6.08 Å². The molecular weight excluding hydrogens is 466 g/mol. The first kappa shape index (κ1) is 26.0. The van der Waals surface area contributed by atoms with E-state index in [1.165, 1.54) is 36.2 Å². The van der Waals surface area contributed by atoms with E-state index in [1.54, 1.807) is 6.08 Å². The number of carbonyl (C=O) groups is 1. The fourth-order valence-electron chi connectivity index (χ4n) is 5.07. The molecule has 190 valence electrons. The van der Waals surface area contributed by atoms with Gasteiger partial charge in [0.05, 0.1) is 5.69 Å². The van der Waals surface area contributed by atoms with Crippen molar-refractivity contribution in [2.45, 2.75) is 71.3 Å². The van der Waals surface area contributed by atoms with Gasteiger partial charge in [-0.05, 0) is 68.2 Å². The number of ether oxygens (including phenoxy) is 1. The lowest BCUT2D eigenvalue weighted by Crippen LogP contribution is -2.32. The van der Waals surface area contributed by atoms with E-state index >= 15 is 0 Å². The number of aromatic nitrogens is 1. The van der Waals surface area contributed by atoms with Gasteiger partial charge in [0.1, 0.15) is 0 Å². The van der Waals surface area contributed by atoms with Crippen molar-refractivity contribution in [1.29, 1.82) is 0 Å². The van der Waals surface area contributed by atoms with Crippen molar-refractivity contribution in [1.82, 2.24) is 9.88 Å². The van der Waals surface area contributed by atoms with E-state index in [-0.39, 0.29) is 5.78 Å². The molecule has 0 radical (unpaired) electrons. The van der Waals surface area contributed by atoms with Gasteiger partial charge in [0.25, 0.3) is 11.1 Å². The zero-order valence-corrected chi connectivity index (χ0v) is 21.6. The van der Waals surface area contributed by atoms with Crippen LogP contribution < -0.4 is 4.74 Å². The lowest BCUT2D eigenvalue weighted by Gasteiger charge is -2.31. The minimum absolute atomic E-state index is 0.232. The van der Waals surface area contributed by atoms with E-state index < -0.39 is 12.5 Å². The highest BCUT2D eigenvalue weighted by atomic mass is 32.1. The fraction of sp³-hybridized carbons (Fsp3) is 0.571. The summed E-state index contributed by atoms with van der Waals surface area (Å²) >= 11 is 1.41. The first-order valence-corrected chi connectivity index (χ1v) is 13.5. The van der Waals surface area contributed by atoms with Crippen LogP contribution in [-0.4, -0.2) is 41.3 Å². The highest BCUT2D eigenvalue weighted by Gasteiger charge is 2.27. The van der Waals surface area contributed by atoms with Crippen molar-refractivity contribution in [3.63, 3.8) is 0 Å². The number of hydrogen-bond acceptors (Lipinski definition) is 5. The molecule has 1 aliphatic carbocycles. The summed E-state index contributed by atoms with van der Waals surface area (Å²) in [7, 11) is 0. The molecule has 35 heavy (non-hydrogen) atoms. The molecule has 4 rings (SSSR count). The molecule has 1 aromatic heterocycles. The number of alkyl halides is 2. The molecule has 0 spiro atoms. The van der Waals surface area contributed by atoms with Crippen molar-refractivity contribution in [2.75, 3.05) is 19.7 Å². The molecular formula is C28H36F2N2O2S. The standard InChI is InChI=1S/C28H36F2N2O2S/c1-20-5-3-4-6-23(20)11-12-24(33)17-22-9-7-21(8-10-22)13-15-32-16-14-26-25(18-32)31-27(35-26)34-19-28(2,29)30/h3-6,11-12,21-22H,7-10,13-19H2,1-2H3/b12-11+. The lowest BCUT2D eigenvalue weighted by molar-refractivity contribution is -0.115. The maximum atomic E-state index is 13.1. The number of ketones is 1. The van der Waals surface area contributed by atoms with Gasteiger partial charge in [-0.1, -0.05) is 54.5 Å². The summed E-state index contributed by atoms with van der Waals surface area (Å²) in [6.45, 7) is 5.09. The third kappa shape index (κ3) is 7.94. The summed E-state index contributed by atoms with van der Waals surface area (Å²) in [4.78, 5) is 20.5. The summed E-state index contributed by atoms with van der Waals surface area (Å²) in [5, 5.41) is 0.361. The highest BCUT2D eigenvalue weighted by Crippen LogP contribution is 2.34. The molecule has 1 aromatic carbocycles. The van der Waals surface area contributed by atoms with Gasteiger partial charge in [-0.2, -0.15) is 0 Å². The van der Waals surface area contributed by atoms with Crippen LogP contribution in [0.15, 0.2) is 30.3 Å². The van der Waals surface area contributed by atoms with Gasteiger partial charge in [0.15, 0.2) is 12.4 Å². The molecule has 0 saturated heterocycles. The molecule has 2 heterocycles. The van der Waals surface area contributed by atoms with Crippen molar-refractivity contribution in [3.8, 4) is 5.19 Å². The zero-order chi connectivity index (χ0) is 24.8. The molecule has 0 unspecified atom stereocenters. The summed E-state index contributed by atoms with van der Waals surface area (Å²) in [5.41, 5.74) is 3.28. The molecule has 4 nitrogen and oxygen atoms in total. The lowest BCUT2D eigenvalue weighted by atomic mass is 9.78. The molecule has 0 N–H and O–H groups in total. The minimum Gasteiger partial charge on any atom is -0.464 e.